The molecule has 6 nitrogen and oxygen atoms in total. The van der Waals surface area contributed by atoms with Crippen molar-refractivity contribution in [2.45, 2.75) is 44.2 Å². The lowest BCUT2D eigenvalue weighted by atomic mass is 10.2. The fraction of sp³-hybridized carbons (Fsp3) is 0.500. The average molecular weight is 313 g/mol. The number of sulfonamides is 1. The number of rotatable bonds is 8. The minimum atomic E-state index is -3.71. The van der Waals surface area contributed by atoms with Gasteiger partial charge in [0.1, 0.15) is 0 Å². The molecular formula is C14H23N3O3S. The minimum absolute atomic E-state index is 0.0513. The Balaban J connectivity index is 2.40. The van der Waals surface area contributed by atoms with Crippen molar-refractivity contribution in [2.24, 2.45) is 5.14 Å². The van der Waals surface area contributed by atoms with Crippen LogP contribution in [0.1, 0.15) is 32.3 Å². The number of primary sulfonamides is 1. The SMILES string of the molecule is CC(C)NCCCC(=O)NCc1cccc(S(N)(=O)=O)c1. The molecule has 4 N–H and O–H groups in total. The van der Waals surface area contributed by atoms with E-state index in [9.17, 15) is 13.2 Å². The second kappa shape index (κ2) is 8.11. The summed E-state index contributed by atoms with van der Waals surface area (Å²) < 4.78 is 22.5. The Bertz CT molecular complexity index is 571. The largest absolute Gasteiger partial charge is 0.352 e. The zero-order valence-corrected chi connectivity index (χ0v) is 13.2. The molecule has 21 heavy (non-hydrogen) atoms. The Morgan fingerprint density at radius 3 is 2.67 bits per heavy atom. The van der Waals surface area contributed by atoms with Gasteiger partial charge in [0.25, 0.3) is 0 Å². The van der Waals surface area contributed by atoms with Gasteiger partial charge < -0.3 is 10.6 Å². The van der Waals surface area contributed by atoms with E-state index in [4.69, 9.17) is 5.14 Å². The maximum absolute atomic E-state index is 11.7. The monoisotopic (exact) mass is 313 g/mol. The number of carbonyl (C=O) groups is 1. The molecule has 0 saturated heterocycles. The fourth-order valence-corrected chi connectivity index (χ4v) is 2.35. The number of nitrogens with two attached hydrogens (primary N) is 1. The average Bonchev–Trinajstić information content (AvgIpc) is 2.40. The molecule has 0 bridgehead atoms. The van der Waals surface area contributed by atoms with Gasteiger partial charge in [-0.1, -0.05) is 26.0 Å². The predicted molar refractivity (Wildman–Crippen MR) is 82.0 cm³/mol. The van der Waals surface area contributed by atoms with E-state index in [1.54, 1.807) is 12.1 Å². The molecule has 0 spiro atoms. The summed E-state index contributed by atoms with van der Waals surface area (Å²) in [6.07, 6.45) is 1.20. The number of hydrogen-bond donors (Lipinski definition) is 3. The molecule has 0 radical (unpaired) electrons. The summed E-state index contributed by atoms with van der Waals surface area (Å²) in [4.78, 5) is 11.7. The third-order valence-electron chi connectivity index (χ3n) is 2.85. The molecule has 0 atom stereocenters. The van der Waals surface area contributed by atoms with Crippen molar-refractivity contribution >= 4 is 15.9 Å². The molecule has 0 aromatic heterocycles. The van der Waals surface area contributed by atoms with Crippen LogP contribution in [0.3, 0.4) is 0 Å². The van der Waals surface area contributed by atoms with Crippen LogP contribution >= 0.6 is 0 Å². The smallest absolute Gasteiger partial charge is 0.238 e. The lowest BCUT2D eigenvalue weighted by Gasteiger charge is -2.09. The van der Waals surface area contributed by atoms with E-state index in [0.717, 1.165) is 13.0 Å². The molecule has 0 aliphatic carbocycles. The molecular weight excluding hydrogens is 290 g/mol. The van der Waals surface area contributed by atoms with Gasteiger partial charge in [-0.2, -0.15) is 0 Å². The maximum atomic E-state index is 11.7. The van der Waals surface area contributed by atoms with Crippen molar-refractivity contribution in [3.05, 3.63) is 29.8 Å². The Morgan fingerprint density at radius 1 is 1.33 bits per heavy atom. The van der Waals surface area contributed by atoms with Crippen LogP contribution in [0.4, 0.5) is 0 Å². The van der Waals surface area contributed by atoms with Crippen LogP contribution in [-0.2, 0) is 21.4 Å². The summed E-state index contributed by atoms with van der Waals surface area (Å²) in [5, 5.41) is 11.1. The van der Waals surface area contributed by atoms with Crippen molar-refractivity contribution in [1.29, 1.82) is 0 Å². The summed E-state index contributed by atoms with van der Waals surface area (Å²) in [6.45, 7) is 5.20. The van der Waals surface area contributed by atoms with E-state index in [1.807, 2.05) is 0 Å². The van der Waals surface area contributed by atoms with Gasteiger partial charge in [-0.15, -0.1) is 0 Å². The fourth-order valence-electron chi connectivity index (χ4n) is 1.76. The normalized spacial score (nSPS) is 11.6. The first-order valence-corrected chi connectivity index (χ1v) is 8.45. The molecule has 0 unspecified atom stereocenters. The first-order chi connectivity index (χ1) is 9.79. The first kappa shape index (κ1) is 17.6. The molecule has 0 aliphatic heterocycles. The van der Waals surface area contributed by atoms with E-state index < -0.39 is 10.0 Å². The summed E-state index contributed by atoms with van der Waals surface area (Å²) in [7, 11) is -3.71. The van der Waals surface area contributed by atoms with Crippen LogP contribution in [0.5, 0.6) is 0 Å². The highest BCUT2D eigenvalue weighted by Crippen LogP contribution is 2.09. The van der Waals surface area contributed by atoms with Gasteiger partial charge in [-0.3, -0.25) is 4.79 Å². The quantitative estimate of drug-likeness (QED) is 0.616. The topological polar surface area (TPSA) is 101 Å². The standard InChI is InChI=1S/C14H23N3O3S/c1-11(2)16-8-4-7-14(18)17-10-12-5-3-6-13(9-12)21(15,19)20/h3,5-6,9,11,16H,4,7-8,10H2,1-2H3,(H,17,18)(H2,15,19,20). The summed E-state index contributed by atoms with van der Waals surface area (Å²) >= 11 is 0. The van der Waals surface area contributed by atoms with E-state index in [1.165, 1.54) is 12.1 Å². The van der Waals surface area contributed by atoms with E-state index >= 15 is 0 Å². The van der Waals surface area contributed by atoms with Crippen molar-refractivity contribution in [3.63, 3.8) is 0 Å². The van der Waals surface area contributed by atoms with Crippen LogP contribution in [0.25, 0.3) is 0 Å². The number of carbonyl (C=O) groups excluding carboxylic acids is 1. The van der Waals surface area contributed by atoms with Crippen LogP contribution in [0.2, 0.25) is 0 Å². The van der Waals surface area contributed by atoms with Crippen LogP contribution in [0, 0.1) is 0 Å². The molecule has 7 heteroatoms. The van der Waals surface area contributed by atoms with Gasteiger partial charge in [-0.05, 0) is 30.7 Å². The van der Waals surface area contributed by atoms with Gasteiger partial charge >= 0.3 is 0 Å². The second-order valence-corrected chi connectivity index (χ2v) is 6.74. The molecule has 0 fully saturated rings. The molecule has 0 saturated carbocycles. The maximum Gasteiger partial charge on any atom is 0.238 e. The van der Waals surface area contributed by atoms with Crippen LogP contribution < -0.4 is 15.8 Å². The van der Waals surface area contributed by atoms with Gasteiger partial charge in [0, 0.05) is 19.0 Å². The van der Waals surface area contributed by atoms with Gasteiger partial charge in [0.05, 0.1) is 4.90 Å². The van der Waals surface area contributed by atoms with E-state index in [2.05, 4.69) is 24.5 Å². The summed E-state index contributed by atoms with van der Waals surface area (Å²) in [5.41, 5.74) is 0.704. The molecule has 1 rings (SSSR count). The highest BCUT2D eigenvalue weighted by atomic mass is 32.2. The lowest BCUT2D eigenvalue weighted by Crippen LogP contribution is -2.27. The minimum Gasteiger partial charge on any atom is -0.352 e. The number of amides is 1. The Labute approximate surface area is 126 Å². The highest BCUT2D eigenvalue weighted by molar-refractivity contribution is 7.89. The summed E-state index contributed by atoms with van der Waals surface area (Å²) in [5.74, 6) is -0.0541. The molecule has 1 amide bonds. The van der Waals surface area contributed by atoms with Crippen LogP contribution in [-0.4, -0.2) is 26.9 Å². The Kier molecular flexibility index (Phi) is 6.80. The molecule has 0 aliphatic rings. The number of benzene rings is 1. The summed E-state index contributed by atoms with van der Waals surface area (Å²) in [6, 6.07) is 6.66. The lowest BCUT2D eigenvalue weighted by molar-refractivity contribution is -0.121. The second-order valence-electron chi connectivity index (χ2n) is 5.18. The van der Waals surface area contributed by atoms with Crippen molar-refractivity contribution < 1.29 is 13.2 Å². The Morgan fingerprint density at radius 2 is 2.05 bits per heavy atom. The predicted octanol–water partition coefficient (Wildman–Crippen LogP) is 0.728. The third kappa shape index (κ3) is 7.22. The third-order valence-corrected chi connectivity index (χ3v) is 3.76. The zero-order valence-electron chi connectivity index (χ0n) is 12.4. The van der Waals surface area contributed by atoms with Gasteiger partial charge in [-0.25, -0.2) is 13.6 Å². The Hall–Kier alpha value is -1.44. The van der Waals surface area contributed by atoms with Crippen LogP contribution in [0.15, 0.2) is 29.2 Å². The number of hydrogen-bond acceptors (Lipinski definition) is 4. The van der Waals surface area contributed by atoms with Gasteiger partial charge in [0.15, 0.2) is 0 Å². The zero-order chi connectivity index (χ0) is 15.9. The van der Waals surface area contributed by atoms with Crippen molar-refractivity contribution in [1.82, 2.24) is 10.6 Å². The van der Waals surface area contributed by atoms with E-state index in [-0.39, 0.29) is 10.8 Å². The molecule has 1 aromatic rings. The van der Waals surface area contributed by atoms with Crippen molar-refractivity contribution in [3.8, 4) is 0 Å². The van der Waals surface area contributed by atoms with E-state index in [0.29, 0.717) is 24.6 Å². The number of nitrogens with one attached hydrogen (secondary N) is 2. The van der Waals surface area contributed by atoms with Gasteiger partial charge in [0.2, 0.25) is 15.9 Å². The molecule has 1 aromatic carbocycles. The highest BCUT2D eigenvalue weighted by Gasteiger charge is 2.08. The first-order valence-electron chi connectivity index (χ1n) is 6.91. The molecule has 0 heterocycles. The van der Waals surface area contributed by atoms with Crippen molar-refractivity contribution in [2.75, 3.05) is 6.54 Å². The molecule has 118 valence electrons.